The molecule has 7 nitrogen and oxygen atoms in total. The summed E-state index contributed by atoms with van der Waals surface area (Å²) < 4.78 is 9.65. The number of aromatic nitrogens is 6. The lowest BCUT2D eigenvalue weighted by molar-refractivity contribution is 0.0866. The summed E-state index contributed by atoms with van der Waals surface area (Å²) >= 11 is 6.26. The second-order valence-electron chi connectivity index (χ2n) is 8.75. The Morgan fingerprint density at radius 3 is 2.59 bits per heavy atom. The van der Waals surface area contributed by atoms with Crippen molar-refractivity contribution in [2.24, 2.45) is 7.05 Å². The molecule has 164 valence electrons. The Morgan fingerprint density at radius 1 is 1.06 bits per heavy atom. The van der Waals surface area contributed by atoms with Crippen molar-refractivity contribution in [3.63, 3.8) is 0 Å². The number of aryl methyl sites for hydroxylation is 1. The van der Waals surface area contributed by atoms with E-state index in [0.717, 1.165) is 23.9 Å². The number of halogens is 1. The van der Waals surface area contributed by atoms with Crippen molar-refractivity contribution in [2.45, 2.75) is 32.4 Å². The molecule has 1 aromatic carbocycles. The summed E-state index contributed by atoms with van der Waals surface area (Å²) in [5.74, 6) is 7.00. The number of benzene rings is 1. The highest BCUT2D eigenvalue weighted by Crippen LogP contribution is 2.20. The summed E-state index contributed by atoms with van der Waals surface area (Å²) in [6, 6.07) is 11.1. The van der Waals surface area contributed by atoms with Crippen LogP contribution in [-0.2, 0) is 18.5 Å². The Kier molecular flexibility index (Phi) is 6.42. The van der Waals surface area contributed by atoms with E-state index in [0.29, 0.717) is 29.5 Å². The van der Waals surface area contributed by atoms with Crippen molar-refractivity contribution < 1.29 is 4.74 Å². The third kappa shape index (κ3) is 5.25. The lowest BCUT2D eigenvalue weighted by Gasteiger charge is -2.15. The van der Waals surface area contributed by atoms with Crippen molar-refractivity contribution in [2.75, 3.05) is 6.61 Å². The fraction of sp³-hybridized carbons (Fsp3) is 0.304. The van der Waals surface area contributed by atoms with Crippen molar-refractivity contribution in [3.05, 3.63) is 59.7 Å². The molecule has 0 radical (unpaired) electrons. The van der Waals surface area contributed by atoms with E-state index in [2.05, 4.69) is 46.4 Å². The van der Waals surface area contributed by atoms with Gasteiger partial charge in [0.2, 0.25) is 5.82 Å². The Hall–Kier alpha value is -2.99. The molecule has 9 heteroatoms. The normalized spacial score (nSPS) is 11.5. The smallest absolute Gasteiger partial charge is 0.208 e. The van der Waals surface area contributed by atoms with Crippen LogP contribution >= 0.6 is 11.6 Å². The van der Waals surface area contributed by atoms with Crippen LogP contribution in [0.4, 0.5) is 0 Å². The van der Waals surface area contributed by atoms with Crippen LogP contribution in [0.1, 0.15) is 11.6 Å². The maximum Gasteiger partial charge on any atom is 0.208 e. The van der Waals surface area contributed by atoms with Gasteiger partial charge >= 0.3 is 0 Å². The molecule has 0 bridgehead atoms. The SMILES string of the molecule is Cn1cnc2c(Cl)nc(C#Cc3nc(-c4ccccc4)cn3COCC[Si](C)(C)C)nc21. The number of hydrogen-bond donors (Lipinski definition) is 0. The van der Waals surface area contributed by atoms with Gasteiger partial charge in [0.1, 0.15) is 12.2 Å². The second-order valence-corrected chi connectivity index (χ2v) is 14.7. The van der Waals surface area contributed by atoms with Crippen LogP contribution in [0.25, 0.3) is 22.4 Å². The third-order valence-corrected chi connectivity index (χ3v) is 6.84. The van der Waals surface area contributed by atoms with Gasteiger partial charge in [0, 0.05) is 33.5 Å². The molecular formula is C23H25ClN6OSi. The predicted octanol–water partition coefficient (Wildman–Crippen LogP) is 4.59. The zero-order valence-corrected chi connectivity index (χ0v) is 20.4. The minimum atomic E-state index is -1.16. The van der Waals surface area contributed by atoms with Gasteiger partial charge in [-0.3, -0.25) is 4.57 Å². The molecule has 0 N–H and O–H groups in total. The van der Waals surface area contributed by atoms with Gasteiger partial charge in [0.05, 0.1) is 12.0 Å². The average molecular weight is 465 g/mol. The molecule has 0 aliphatic carbocycles. The minimum Gasteiger partial charge on any atom is -0.361 e. The van der Waals surface area contributed by atoms with Crippen LogP contribution in [0.2, 0.25) is 30.8 Å². The average Bonchev–Trinajstić information content (AvgIpc) is 3.34. The van der Waals surface area contributed by atoms with Crippen molar-refractivity contribution in [3.8, 4) is 23.1 Å². The molecule has 4 rings (SSSR count). The van der Waals surface area contributed by atoms with Crippen LogP contribution < -0.4 is 0 Å². The first-order valence-corrected chi connectivity index (χ1v) is 14.5. The van der Waals surface area contributed by atoms with Crippen LogP contribution in [-0.4, -0.2) is 43.8 Å². The topological polar surface area (TPSA) is 70.7 Å². The fourth-order valence-corrected chi connectivity index (χ4v) is 4.01. The lowest BCUT2D eigenvalue weighted by Crippen LogP contribution is -2.22. The van der Waals surface area contributed by atoms with Crippen LogP contribution in [0.5, 0.6) is 0 Å². The molecule has 0 amide bonds. The van der Waals surface area contributed by atoms with Gasteiger partial charge in [-0.2, -0.15) is 0 Å². The van der Waals surface area contributed by atoms with E-state index >= 15 is 0 Å². The first kappa shape index (κ1) is 22.2. The zero-order valence-electron chi connectivity index (χ0n) is 18.6. The molecule has 0 fully saturated rings. The number of fused-ring (bicyclic) bond motifs is 1. The largest absolute Gasteiger partial charge is 0.361 e. The van der Waals surface area contributed by atoms with Gasteiger partial charge in [0.25, 0.3) is 0 Å². The quantitative estimate of drug-likeness (QED) is 0.180. The van der Waals surface area contributed by atoms with Crippen LogP contribution in [0.15, 0.2) is 42.9 Å². The van der Waals surface area contributed by atoms with Gasteiger partial charge in [0.15, 0.2) is 16.6 Å². The second kappa shape index (κ2) is 9.24. The minimum absolute atomic E-state index is 0.280. The predicted molar refractivity (Wildman–Crippen MR) is 129 cm³/mol. The van der Waals surface area contributed by atoms with Crippen LogP contribution in [0.3, 0.4) is 0 Å². The molecule has 4 aromatic rings. The van der Waals surface area contributed by atoms with Crippen molar-refractivity contribution in [1.82, 2.24) is 29.1 Å². The Balaban J connectivity index is 1.64. The van der Waals surface area contributed by atoms with Gasteiger partial charge in [-0.1, -0.05) is 61.6 Å². The number of nitrogens with zero attached hydrogens (tertiary/aromatic N) is 6. The standard InChI is InChI=1S/C23H25ClN6OSi/c1-29-15-25-21-22(24)27-19(28-23(21)29)10-11-20-26-18(17-8-6-5-7-9-17)14-30(20)16-31-12-13-32(2,3)4/h5-9,14-15H,12-13,16H2,1-4H3. The highest BCUT2D eigenvalue weighted by molar-refractivity contribution is 6.76. The molecule has 3 aromatic heterocycles. The molecule has 0 aliphatic heterocycles. The van der Waals surface area contributed by atoms with Crippen molar-refractivity contribution >= 4 is 30.8 Å². The Morgan fingerprint density at radius 2 is 1.84 bits per heavy atom. The molecule has 0 aliphatic rings. The van der Waals surface area contributed by atoms with Gasteiger partial charge in [-0.25, -0.2) is 19.9 Å². The number of imidazole rings is 2. The number of hydrogen-bond acceptors (Lipinski definition) is 5. The highest BCUT2D eigenvalue weighted by Gasteiger charge is 2.13. The van der Waals surface area contributed by atoms with Gasteiger partial charge in [-0.15, -0.1) is 0 Å². The molecule has 0 saturated carbocycles. The van der Waals surface area contributed by atoms with Crippen LogP contribution in [0, 0.1) is 11.8 Å². The molecular weight excluding hydrogens is 440 g/mol. The van der Waals surface area contributed by atoms with E-state index in [9.17, 15) is 0 Å². The summed E-state index contributed by atoms with van der Waals surface area (Å²) in [4.78, 5) is 17.7. The molecule has 0 saturated heterocycles. The first-order chi connectivity index (χ1) is 15.3. The van der Waals surface area contributed by atoms with Crippen molar-refractivity contribution in [1.29, 1.82) is 0 Å². The third-order valence-electron chi connectivity index (χ3n) is 4.88. The number of ether oxygens (including phenoxy) is 1. The summed E-state index contributed by atoms with van der Waals surface area (Å²) in [5.41, 5.74) is 3.05. The van der Waals surface area contributed by atoms with E-state index in [1.54, 1.807) is 10.9 Å². The van der Waals surface area contributed by atoms with E-state index < -0.39 is 8.07 Å². The lowest BCUT2D eigenvalue weighted by atomic mass is 10.2. The maximum absolute atomic E-state index is 6.26. The molecule has 0 unspecified atom stereocenters. The van der Waals surface area contributed by atoms with E-state index in [1.165, 1.54) is 0 Å². The first-order valence-electron chi connectivity index (χ1n) is 10.4. The highest BCUT2D eigenvalue weighted by atomic mass is 35.5. The van der Waals surface area contributed by atoms with E-state index in [1.807, 2.05) is 48.1 Å². The van der Waals surface area contributed by atoms with E-state index in [-0.39, 0.29) is 5.15 Å². The summed E-state index contributed by atoms with van der Waals surface area (Å²) in [5, 5.41) is 0.280. The molecule has 32 heavy (non-hydrogen) atoms. The monoisotopic (exact) mass is 464 g/mol. The Bertz CT molecular complexity index is 1300. The zero-order chi connectivity index (χ0) is 22.7. The molecule has 0 atom stereocenters. The van der Waals surface area contributed by atoms with E-state index in [4.69, 9.17) is 21.3 Å². The fourth-order valence-electron chi connectivity index (χ4n) is 3.04. The summed E-state index contributed by atoms with van der Waals surface area (Å²) in [6.07, 6.45) is 3.62. The maximum atomic E-state index is 6.26. The molecule has 3 heterocycles. The number of rotatable bonds is 6. The Labute approximate surface area is 193 Å². The summed E-state index contributed by atoms with van der Waals surface area (Å²) in [6.45, 7) is 8.11. The molecule has 0 spiro atoms. The van der Waals surface area contributed by atoms with Gasteiger partial charge < -0.3 is 9.30 Å². The van der Waals surface area contributed by atoms with Gasteiger partial charge in [-0.05, 0) is 17.9 Å². The summed E-state index contributed by atoms with van der Waals surface area (Å²) in [7, 11) is 0.697.